The SMILES string of the molecule is CCn1c(-c2ccccc2)nn(-c2ccccc2C)c1=O. The zero-order valence-electron chi connectivity index (χ0n) is 12.2. The summed E-state index contributed by atoms with van der Waals surface area (Å²) in [5.41, 5.74) is 2.70. The van der Waals surface area contributed by atoms with E-state index in [2.05, 4.69) is 5.10 Å². The Morgan fingerprint density at radius 1 is 1.00 bits per heavy atom. The standard InChI is InChI=1S/C17H17N3O/c1-3-19-16(14-10-5-4-6-11-14)18-20(17(19)21)15-12-8-7-9-13(15)2/h4-12H,3H2,1-2H3. The number of para-hydroxylation sites is 1. The highest BCUT2D eigenvalue weighted by molar-refractivity contribution is 5.55. The first-order valence-electron chi connectivity index (χ1n) is 7.03. The van der Waals surface area contributed by atoms with Crippen molar-refractivity contribution in [1.29, 1.82) is 0 Å². The lowest BCUT2D eigenvalue weighted by Gasteiger charge is -2.02. The van der Waals surface area contributed by atoms with Crippen LogP contribution in [0.5, 0.6) is 0 Å². The van der Waals surface area contributed by atoms with E-state index >= 15 is 0 Å². The lowest BCUT2D eigenvalue weighted by atomic mass is 10.2. The Kier molecular flexibility index (Phi) is 3.44. The molecule has 0 saturated heterocycles. The molecule has 4 nitrogen and oxygen atoms in total. The molecule has 0 amide bonds. The number of aromatic nitrogens is 3. The summed E-state index contributed by atoms with van der Waals surface area (Å²) in [4.78, 5) is 12.6. The second-order valence-electron chi connectivity index (χ2n) is 4.91. The second-order valence-corrected chi connectivity index (χ2v) is 4.91. The third-order valence-electron chi connectivity index (χ3n) is 3.55. The van der Waals surface area contributed by atoms with Crippen LogP contribution < -0.4 is 5.69 Å². The fraction of sp³-hybridized carbons (Fsp3) is 0.176. The van der Waals surface area contributed by atoms with Gasteiger partial charge in [-0.05, 0) is 25.5 Å². The van der Waals surface area contributed by atoms with Crippen molar-refractivity contribution in [1.82, 2.24) is 14.3 Å². The summed E-state index contributed by atoms with van der Waals surface area (Å²) in [6.45, 7) is 4.53. The summed E-state index contributed by atoms with van der Waals surface area (Å²) in [7, 11) is 0. The van der Waals surface area contributed by atoms with Crippen molar-refractivity contribution in [2.75, 3.05) is 0 Å². The molecule has 4 heteroatoms. The Morgan fingerprint density at radius 3 is 2.33 bits per heavy atom. The molecule has 0 fully saturated rings. The van der Waals surface area contributed by atoms with Crippen LogP contribution in [0.4, 0.5) is 0 Å². The van der Waals surface area contributed by atoms with Crippen LogP contribution in [0.15, 0.2) is 59.4 Å². The maximum absolute atomic E-state index is 12.6. The Labute approximate surface area is 123 Å². The van der Waals surface area contributed by atoms with Crippen LogP contribution >= 0.6 is 0 Å². The van der Waals surface area contributed by atoms with Gasteiger partial charge in [-0.3, -0.25) is 4.57 Å². The zero-order chi connectivity index (χ0) is 14.8. The van der Waals surface area contributed by atoms with Gasteiger partial charge in [-0.2, -0.15) is 4.68 Å². The molecule has 0 N–H and O–H groups in total. The normalized spacial score (nSPS) is 10.8. The van der Waals surface area contributed by atoms with Gasteiger partial charge < -0.3 is 0 Å². The van der Waals surface area contributed by atoms with E-state index in [1.165, 1.54) is 4.68 Å². The fourth-order valence-corrected chi connectivity index (χ4v) is 2.44. The van der Waals surface area contributed by atoms with Crippen LogP contribution in [0, 0.1) is 6.92 Å². The van der Waals surface area contributed by atoms with Crippen LogP contribution in [-0.4, -0.2) is 14.3 Å². The molecule has 3 aromatic rings. The smallest absolute Gasteiger partial charge is 0.275 e. The van der Waals surface area contributed by atoms with E-state index in [0.717, 1.165) is 16.8 Å². The molecule has 0 aliphatic rings. The molecule has 0 bridgehead atoms. The quantitative estimate of drug-likeness (QED) is 0.739. The minimum atomic E-state index is -0.106. The van der Waals surface area contributed by atoms with E-state index < -0.39 is 0 Å². The van der Waals surface area contributed by atoms with Crippen LogP contribution in [0.3, 0.4) is 0 Å². The van der Waals surface area contributed by atoms with Gasteiger partial charge in [0.25, 0.3) is 0 Å². The van der Waals surface area contributed by atoms with E-state index in [4.69, 9.17) is 0 Å². The van der Waals surface area contributed by atoms with Crippen molar-refractivity contribution in [3.8, 4) is 17.1 Å². The maximum atomic E-state index is 12.6. The molecule has 0 aliphatic carbocycles. The number of benzene rings is 2. The lowest BCUT2D eigenvalue weighted by Crippen LogP contribution is -2.23. The Bertz CT molecular complexity index is 816. The molecule has 2 aromatic carbocycles. The molecule has 0 saturated carbocycles. The average molecular weight is 279 g/mol. The number of aryl methyl sites for hydroxylation is 1. The molecule has 0 aliphatic heterocycles. The van der Waals surface area contributed by atoms with Crippen LogP contribution in [-0.2, 0) is 6.54 Å². The number of rotatable bonds is 3. The van der Waals surface area contributed by atoms with Crippen molar-refractivity contribution < 1.29 is 0 Å². The van der Waals surface area contributed by atoms with Gasteiger partial charge in [0.1, 0.15) is 0 Å². The van der Waals surface area contributed by atoms with Crippen molar-refractivity contribution in [2.24, 2.45) is 0 Å². The molecule has 3 rings (SSSR count). The van der Waals surface area contributed by atoms with E-state index in [9.17, 15) is 4.79 Å². The first-order valence-corrected chi connectivity index (χ1v) is 7.03. The Balaban J connectivity index is 2.24. The topological polar surface area (TPSA) is 39.8 Å². The van der Waals surface area contributed by atoms with Gasteiger partial charge in [0.2, 0.25) is 0 Å². The molecule has 0 radical (unpaired) electrons. The maximum Gasteiger partial charge on any atom is 0.351 e. The number of hydrogen-bond acceptors (Lipinski definition) is 2. The van der Waals surface area contributed by atoms with Gasteiger partial charge in [-0.1, -0.05) is 48.5 Å². The first-order chi connectivity index (χ1) is 10.2. The molecule has 21 heavy (non-hydrogen) atoms. The highest BCUT2D eigenvalue weighted by atomic mass is 16.2. The van der Waals surface area contributed by atoms with Gasteiger partial charge in [-0.25, -0.2) is 4.79 Å². The largest absolute Gasteiger partial charge is 0.351 e. The minimum Gasteiger partial charge on any atom is -0.275 e. The first kappa shape index (κ1) is 13.4. The zero-order valence-corrected chi connectivity index (χ0v) is 12.2. The van der Waals surface area contributed by atoms with Crippen LogP contribution in [0.1, 0.15) is 12.5 Å². The molecule has 0 atom stereocenters. The summed E-state index contributed by atoms with van der Waals surface area (Å²) in [6, 6.07) is 17.6. The summed E-state index contributed by atoms with van der Waals surface area (Å²) in [5, 5.41) is 4.55. The van der Waals surface area contributed by atoms with E-state index in [1.807, 2.05) is 68.4 Å². The predicted molar refractivity (Wildman–Crippen MR) is 83.7 cm³/mol. The van der Waals surface area contributed by atoms with Gasteiger partial charge in [-0.15, -0.1) is 5.10 Å². The third kappa shape index (κ3) is 2.29. The van der Waals surface area contributed by atoms with Gasteiger partial charge in [0.05, 0.1) is 5.69 Å². The van der Waals surface area contributed by atoms with E-state index in [-0.39, 0.29) is 5.69 Å². The number of hydrogen-bond donors (Lipinski definition) is 0. The summed E-state index contributed by atoms with van der Waals surface area (Å²) in [5.74, 6) is 0.700. The fourth-order valence-electron chi connectivity index (χ4n) is 2.44. The highest BCUT2D eigenvalue weighted by Crippen LogP contribution is 2.17. The number of nitrogens with zero attached hydrogens (tertiary/aromatic N) is 3. The van der Waals surface area contributed by atoms with Gasteiger partial charge >= 0.3 is 5.69 Å². The average Bonchev–Trinajstić information content (AvgIpc) is 2.85. The van der Waals surface area contributed by atoms with Gasteiger partial charge in [0.15, 0.2) is 5.82 Å². The Morgan fingerprint density at radius 2 is 1.67 bits per heavy atom. The third-order valence-corrected chi connectivity index (χ3v) is 3.55. The molecule has 1 aromatic heterocycles. The molecular formula is C17H17N3O. The Hall–Kier alpha value is -2.62. The van der Waals surface area contributed by atoms with Crippen molar-refractivity contribution >= 4 is 0 Å². The van der Waals surface area contributed by atoms with Crippen LogP contribution in [0.2, 0.25) is 0 Å². The molecule has 106 valence electrons. The van der Waals surface area contributed by atoms with Gasteiger partial charge in [0, 0.05) is 12.1 Å². The predicted octanol–water partition coefficient (Wildman–Crippen LogP) is 3.03. The summed E-state index contributed by atoms with van der Waals surface area (Å²) < 4.78 is 3.18. The molecule has 0 spiro atoms. The lowest BCUT2D eigenvalue weighted by molar-refractivity contribution is 0.715. The van der Waals surface area contributed by atoms with Crippen LogP contribution in [0.25, 0.3) is 17.1 Å². The molecular weight excluding hydrogens is 262 g/mol. The summed E-state index contributed by atoms with van der Waals surface area (Å²) >= 11 is 0. The van der Waals surface area contributed by atoms with Crippen molar-refractivity contribution in [3.05, 3.63) is 70.6 Å². The molecule has 0 unspecified atom stereocenters. The van der Waals surface area contributed by atoms with E-state index in [1.54, 1.807) is 4.57 Å². The highest BCUT2D eigenvalue weighted by Gasteiger charge is 2.15. The second kappa shape index (κ2) is 5.40. The molecule has 1 heterocycles. The summed E-state index contributed by atoms with van der Waals surface area (Å²) in [6.07, 6.45) is 0. The van der Waals surface area contributed by atoms with Crippen molar-refractivity contribution in [2.45, 2.75) is 20.4 Å². The van der Waals surface area contributed by atoms with Crippen molar-refractivity contribution in [3.63, 3.8) is 0 Å². The minimum absolute atomic E-state index is 0.106. The van der Waals surface area contributed by atoms with E-state index in [0.29, 0.717) is 12.4 Å². The monoisotopic (exact) mass is 279 g/mol.